The lowest BCUT2D eigenvalue weighted by Crippen LogP contribution is -2.67. The van der Waals surface area contributed by atoms with E-state index in [0.717, 1.165) is 23.7 Å². The molecule has 3 nitrogen and oxygen atoms in total. The molecule has 1 aromatic heterocycles. The van der Waals surface area contributed by atoms with Crippen molar-refractivity contribution in [1.82, 2.24) is 9.97 Å². The van der Waals surface area contributed by atoms with Gasteiger partial charge in [0.1, 0.15) is 5.15 Å². The third kappa shape index (κ3) is 4.18. The molecule has 2 aliphatic rings. The maximum atomic E-state index is 7.37. The van der Waals surface area contributed by atoms with E-state index in [1.165, 1.54) is 10.4 Å². The van der Waals surface area contributed by atoms with Crippen LogP contribution in [-0.4, -0.2) is 30.6 Å². The van der Waals surface area contributed by atoms with E-state index >= 15 is 0 Å². The van der Waals surface area contributed by atoms with Crippen LogP contribution >= 0.6 is 23.4 Å². The SMILES string of the molecule is CSc1nc(Cl)cc([C@H]2[C@@H]3CC(O[Si](c4ccccc4)(c4ccccc4)C(C)(C)C)C[C@@H]32)n1. The van der Waals surface area contributed by atoms with Crippen LogP contribution in [0.3, 0.4) is 0 Å². The van der Waals surface area contributed by atoms with Crippen molar-refractivity contribution in [1.29, 1.82) is 0 Å². The van der Waals surface area contributed by atoms with Gasteiger partial charge in [-0.25, -0.2) is 9.97 Å². The van der Waals surface area contributed by atoms with Crippen LogP contribution < -0.4 is 10.4 Å². The lowest BCUT2D eigenvalue weighted by Gasteiger charge is -2.45. The number of aromatic nitrogens is 2. The predicted octanol–water partition coefficient (Wildman–Crippen LogP) is 5.92. The Morgan fingerprint density at radius 2 is 1.45 bits per heavy atom. The molecule has 0 aliphatic heterocycles. The van der Waals surface area contributed by atoms with E-state index in [1.807, 2.05) is 12.3 Å². The average Bonchev–Trinajstić information content (AvgIpc) is 3.32. The zero-order valence-electron chi connectivity index (χ0n) is 19.7. The normalized spacial score (nSPS) is 24.5. The van der Waals surface area contributed by atoms with Gasteiger partial charge in [0.25, 0.3) is 8.32 Å². The van der Waals surface area contributed by atoms with Crippen molar-refractivity contribution in [2.24, 2.45) is 11.8 Å². The molecule has 3 aromatic rings. The highest BCUT2D eigenvalue weighted by Gasteiger charge is 2.60. The molecule has 0 bridgehead atoms. The second-order valence-corrected chi connectivity index (χ2v) is 15.7. The third-order valence-electron chi connectivity index (χ3n) is 7.38. The Kier molecular flexibility index (Phi) is 6.19. The van der Waals surface area contributed by atoms with Crippen molar-refractivity contribution < 1.29 is 4.43 Å². The van der Waals surface area contributed by atoms with Crippen molar-refractivity contribution in [3.05, 3.63) is 77.6 Å². The fourth-order valence-corrected chi connectivity index (χ4v) is 11.3. The minimum atomic E-state index is -2.50. The van der Waals surface area contributed by atoms with E-state index < -0.39 is 8.32 Å². The molecule has 5 rings (SSSR count). The fourth-order valence-electron chi connectivity index (χ4n) is 5.94. The van der Waals surface area contributed by atoms with Gasteiger partial charge in [-0.15, -0.1) is 0 Å². The molecular weight excluding hydrogens is 464 g/mol. The second kappa shape index (κ2) is 8.84. The molecule has 1 unspecified atom stereocenters. The standard InChI is InChI=1S/C27H31ClN2OSSi/c1-27(2,3)33(19-11-7-5-8-12-19,20-13-9-6-10-14-20)31-18-15-21-22(16-18)25(21)23-17-24(28)30-26(29-23)32-4/h5-14,17-18,21-22,25H,15-16H2,1-4H3/t18?,21-,22+,25+. The Morgan fingerprint density at radius 1 is 0.909 bits per heavy atom. The zero-order valence-corrected chi connectivity index (χ0v) is 22.2. The van der Waals surface area contributed by atoms with Gasteiger partial charge < -0.3 is 4.43 Å². The van der Waals surface area contributed by atoms with Gasteiger partial charge in [0, 0.05) is 12.0 Å². The summed E-state index contributed by atoms with van der Waals surface area (Å²) in [6.07, 6.45) is 4.46. The van der Waals surface area contributed by atoms with Crippen molar-refractivity contribution in [3.8, 4) is 0 Å². The second-order valence-electron chi connectivity index (χ2n) is 10.3. The van der Waals surface area contributed by atoms with Crippen LogP contribution in [0.5, 0.6) is 0 Å². The van der Waals surface area contributed by atoms with Crippen LogP contribution in [0.15, 0.2) is 71.9 Å². The van der Waals surface area contributed by atoms with Gasteiger partial charge in [-0.3, -0.25) is 0 Å². The van der Waals surface area contributed by atoms with Crippen LogP contribution in [0.2, 0.25) is 10.2 Å². The Balaban J connectivity index is 1.43. The van der Waals surface area contributed by atoms with Gasteiger partial charge in [0.05, 0.1) is 5.69 Å². The first-order valence-corrected chi connectivity index (χ1v) is 15.2. The summed E-state index contributed by atoms with van der Waals surface area (Å²) in [6.45, 7) is 7.06. The minimum Gasteiger partial charge on any atom is -0.404 e. The zero-order chi connectivity index (χ0) is 23.2. The Labute approximate surface area is 207 Å². The van der Waals surface area contributed by atoms with Crippen LogP contribution in [0.1, 0.15) is 45.2 Å². The molecule has 0 N–H and O–H groups in total. The molecule has 0 radical (unpaired) electrons. The Morgan fingerprint density at radius 3 is 1.94 bits per heavy atom. The van der Waals surface area contributed by atoms with E-state index in [1.54, 1.807) is 11.8 Å². The first-order valence-electron chi connectivity index (χ1n) is 11.7. The fraction of sp³-hybridized carbons (Fsp3) is 0.407. The molecule has 172 valence electrons. The summed E-state index contributed by atoms with van der Waals surface area (Å²) in [5.74, 6) is 1.76. The predicted molar refractivity (Wildman–Crippen MR) is 140 cm³/mol. The molecule has 0 saturated heterocycles. The molecule has 2 aliphatic carbocycles. The van der Waals surface area contributed by atoms with Gasteiger partial charge >= 0.3 is 0 Å². The summed E-state index contributed by atoms with van der Waals surface area (Å²) in [4.78, 5) is 9.08. The van der Waals surface area contributed by atoms with E-state index in [4.69, 9.17) is 21.0 Å². The topological polar surface area (TPSA) is 35.0 Å². The summed E-state index contributed by atoms with van der Waals surface area (Å²) in [7, 11) is -2.50. The average molecular weight is 495 g/mol. The van der Waals surface area contributed by atoms with E-state index in [0.29, 0.717) is 22.9 Å². The largest absolute Gasteiger partial charge is 0.404 e. The molecule has 6 heteroatoms. The summed E-state index contributed by atoms with van der Waals surface area (Å²) < 4.78 is 7.37. The molecule has 33 heavy (non-hydrogen) atoms. The van der Waals surface area contributed by atoms with Crippen LogP contribution in [0.4, 0.5) is 0 Å². The van der Waals surface area contributed by atoms with Crippen LogP contribution in [0, 0.1) is 11.8 Å². The van der Waals surface area contributed by atoms with Crippen molar-refractivity contribution in [2.45, 2.75) is 55.8 Å². The summed E-state index contributed by atoms with van der Waals surface area (Å²) in [6, 6.07) is 23.9. The van der Waals surface area contributed by atoms with Gasteiger partial charge in [0.2, 0.25) is 0 Å². The Hall–Kier alpha value is -1.66. The van der Waals surface area contributed by atoms with Crippen molar-refractivity contribution >= 4 is 42.1 Å². The number of nitrogens with zero attached hydrogens (tertiary/aromatic N) is 2. The lowest BCUT2D eigenvalue weighted by molar-refractivity contribution is 0.177. The highest BCUT2D eigenvalue weighted by atomic mass is 35.5. The minimum absolute atomic E-state index is 0.00925. The van der Waals surface area contributed by atoms with E-state index in [9.17, 15) is 0 Å². The molecule has 2 saturated carbocycles. The van der Waals surface area contributed by atoms with Crippen molar-refractivity contribution in [2.75, 3.05) is 6.26 Å². The highest BCUT2D eigenvalue weighted by molar-refractivity contribution is 7.98. The van der Waals surface area contributed by atoms with Crippen LogP contribution in [-0.2, 0) is 4.43 Å². The monoisotopic (exact) mass is 494 g/mol. The lowest BCUT2D eigenvalue weighted by atomic mass is 10.1. The van der Waals surface area contributed by atoms with Crippen LogP contribution in [0.25, 0.3) is 0 Å². The summed E-state index contributed by atoms with van der Waals surface area (Å²) in [5, 5.41) is 4.04. The maximum absolute atomic E-state index is 7.37. The van der Waals surface area contributed by atoms with Gasteiger partial charge in [-0.2, -0.15) is 0 Å². The number of benzene rings is 2. The molecular formula is C27H31ClN2OSSi. The van der Waals surface area contributed by atoms with E-state index in [2.05, 4.69) is 86.4 Å². The molecule has 2 aromatic carbocycles. The van der Waals surface area contributed by atoms with Gasteiger partial charge in [0.15, 0.2) is 5.16 Å². The first-order chi connectivity index (χ1) is 15.8. The smallest absolute Gasteiger partial charge is 0.261 e. The quantitative estimate of drug-likeness (QED) is 0.184. The number of hydrogen-bond donors (Lipinski definition) is 0. The number of rotatable bonds is 6. The van der Waals surface area contributed by atoms with Gasteiger partial charge in [-0.1, -0.05) is 105 Å². The molecule has 2 fully saturated rings. The third-order valence-corrected chi connectivity index (χ3v) is 13.2. The molecule has 0 amide bonds. The number of hydrogen-bond acceptors (Lipinski definition) is 4. The maximum Gasteiger partial charge on any atom is 0.261 e. The number of thioether (sulfide) groups is 1. The molecule has 4 atom stereocenters. The Bertz CT molecular complexity index is 1070. The first kappa shape index (κ1) is 23.1. The highest BCUT2D eigenvalue weighted by Crippen LogP contribution is 2.64. The number of fused-ring (bicyclic) bond motifs is 1. The summed E-state index contributed by atoms with van der Waals surface area (Å²) in [5.41, 5.74) is 1.11. The van der Waals surface area contributed by atoms with E-state index in [-0.39, 0.29) is 11.1 Å². The van der Waals surface area contributed by atoms with Crippen molar-refractivity contribution in [3.63, 3.8) is 0 Å². The molecule has 0 spiro atoms. The summed E-state index contributed by atoms with van der Waals surface area (Å²) >= 11 is 7.83. The molecule has 1 heterocycles. The van der Waals surface area contributed by atoms with Gasteiger partial charge in [-0.05, 0) is 52.4 Å². The number of halogens is 1.